The number of anilines is 2. The van der Waals surface area contributed by atoms with Crippen molar-refractivity contribution in [3.8, 4) is 0 Å². The van der Waals surface area contributed by atoms with Crippen molar-refractivity contribution in [3.63, 3.8) is 0 Å². The maximum absolute atomic E-state index is 12.9. The highest BCUT2D eigenvalue weighted by Gasteiger charge is 2.33. The SMILES string of the molecule is CC(C)Nc1ccnc(C(=O)Nc2ccccc2C(F)(F)F)c1. The van der Waals surface area contributed by atoms with Crippen LogP contribution in [-0.4, -0.2) is 16.9 Å². The van der Waals surface area contributed by atoms with Gasteiger partial charge in [-0.15, -0.1) is 0 Å². The van der Waals surface area contributed by atoms with Crippen molar-refractivity contribution in [1.82, 2.24) is 4.98 Å². The van der Waals surface area contributed by atoms with E-state index in [9.17, 15) is 18.0 Å². The molecule has 0 atom stereocenters. The number of amides is 1. The summed E-state index contributed by atoms with van der Waals surface area (Å²) in [4.78, 5) is 16.1. The highest BCUT2D eigenvalue weighted by Crippen LogP contribution is 2.34. The normalized spacial score (nSPS) is 11.4. The number of alkyl halides is 3. The van der Waals surface area contributed by atoms with E-state index in [1.54, 1.807) is 6.07 Å². The van der Waals surface area contributed by atoms with Gasteiger partial charge in [0.05, 0.1) is 11.3 Å². The van der Waals surface area contributed by atoms with Crippen molar-refractivity contribution >= 4 is 17.3 Å². The maximum Gasteiger partial charge on any atom is 0.418 e. The molecule has 2 N–H and O–H groups in total. The van der Waals surface area contributed by atoms with E-state index in [2.05, 4.69) is 15.6 Å². The number of hydrogen-bond acceptors (Lipinski definition) is 3. The number of hydrogen-bond donors (Lipinski definition) is 2. The van der Waals surface area contributed by atoms with Gasteiger partial charge >= 0.3 is 6.18 Å². The van der Waals surface area contributed by atoms with Gasteiger partial charge in [0.25, 0.3) is 5.91 Å². The zero-order valence-corrected chi connectivity index (χ0v) is 12.6. The molecular formula is C16H16F3N3O. The van der Waals surface area contributed by atoms with Crippen LogP contribution in [0, 0.1) is 0 Å². The van der Waals surface area contributed by atoms with Crippen molar-refractivity contribution in [3.05, 3.63) is 53.9 Å². The first-order valence-electron chi connectivity index (χ1n) is 6.97. The number of para-hydroxylation sites is 1. The molecule has 0 aliphatic carbocycles. The first-order valence-corrected chi connectivity index (χ1v) is 6.97. The van der Waals surface area contributed by atoms with Gasteiger partial charge in [0, 0.05) is 17.9 Å². The van der Waals surface area contributed by atoms with Gasteiger partial charge < -0.3 is 10.6 Å². The Labute approximate surface area is 131 Å². The van der Waals surface area contributed by atoms with Crippen LogP contribution in [0.4, 0.5) is 24.5 Å². The summed E-state index contributed by atoms with van der Waals surface area (Å²) in [6.07, 6.45) is -3.12. The lowest BCUT2D eigenvalue weighted by atomic mass is 10.1. The summed E-state index contributed by atoms with van der Waals surface area (Å²) < 4.78 is 38.8. The lowest BCUT2D eigenvalue weighted by Crippen LogP contribution is -2.18. The number of pyridine rings is 1. The smallest absolute Gasteiger partial charge is 0.383 e. The second-order valence-corrected chi connectivity index (χ2v) is 5.23. The summed E-state index contributed by atoms with van der Waals surface area (Å²) in [6.45, 7) is 3.86. The molecule has 23 heavy (non-hydrogen) atoms. The molecular weight excluding hydrogens is 307 g/mol. The molecule has 0 saturated carbocycles. The minimum Gasteiger partial charge on any atom is -0.383 e. The largest absolute Gasteiger partial charge is 0.418 e. The van der Waals surface area contributed by atoms with Crippen LogP contribution in [0.1, 0.15) is 29.9 Å². The van der Waals surface area contributed by atoms with Crippen molar-refractivity contribution in [2.24, 2.45) is 0 Å². The van der Waals surface area contributed by atoms with Gasteiger partial charge in [0.1, 0.15) is 5.69 Å². The Morgan fingerprint density at radius 2 is 1.87 bits per heavy atom. The molecule has 1 heterocycles. The second-order valence-electron chi connectivity index (χ2n) is 5.23. The first-order chi connectivity index (χ1) is 10.8. The summed E-state index contributed by atoms with van der Waals surface area (Å²) in [7, 11) is 0. The molecule has 0 radical (unpaired) electrons. The van der Waals surface area contributed by atoms with Crippen molar-refractivity contribution < 1.29 is 18.0 Å². The molecule has 0 unspecified atom stereocenters. The highest BCUT2D eigenvalue weighted by atomic mass is 19.4. The van der Waals surface area contributed by atoms with Gasteiger partial charge in [-0.2, -0.15) is 13.2 Å². The molecule has 1 aromatic heterocycles. The van der Waals surface area contributed by atoms with E-state index in [1.165, 1.54) is 30.5 Å². The molecule has 0 bridgehead atoms. The molecule has 2 aromatic rings. The third-order valence-corrected chi connectivity index (χ3v) is 2.93. The molecule has 1 amide bonds. The topological polar surface area (TPSA) is 54.0 Å². The number of carbonyl (C=O) groups is 1. The Kier molecular flexibility index (Phi) is 4.88. The van der Waals surface area contributed by atoms with Crippen molar-refractivity contribution in [2.75, 3.05) is 10.6 Å². The lowest BCUT2D eigenvalue weighted by Gasteiger charge is -2.14. The van der Waals surface area contributed by atoms with Crippen molar-refractivity contribution in [1.29, 1.82) is 0 Å². The minimum atomic E-state index is -4.54. The average Bonchev–Trinajstić information content (AvgIpc) is 2.46. The van der Waals surface area contributed by atoms with Crippen LogP contribution in [-0.2, 0) is 6.18 Å². The van der Waals surface area contributed by atoms with Gasteiger partial charge in [-0.05, 0) is 38.1 Å². The van der Waals surface area contributed by atoms with E-state index >= 15 is 0 Å². The van der Waals surface area contributed by atoms with E-state index in [0.717, 1.165) is 6.07 Å². The number of rotatable bonds is 4. The molecule has 4 nitrogen and oxygen atoms in total. The molecule has 0 fully saturated rings. The molecule has 0 spiro atoms. The fourth-order valence-electron chi connectivity index (χ4n) is 2.00. The Hall–Kier alpha value is -2.57. The van der Waals surface area contributed by atoms with Gasteiger partial charge in [0.15, 0.2) is 0 Å². The molecule has 0 aliphatic heterocycles. The van der Waals surface area contributed by atoms with Crippen LogP contribution in [0.2, 0.25) is 0 Å². The Morgan fingerprint density at radius 1 is 1.17 bits per heavy atom. The zero-order valence-electron chi connectivity index (χ0n) is 12.6. The predicted molar refractivity (Wildman–Crippen MR) is 82.4 cm³/mol. The Balaban J connectivity index is 2.23. The quantitative estimate of drug-likeness (QED) is 0.888. The molecule has 0 aliphatic rings. The van der Waals surface area contributed by atoms with Gasteiger partial charge in [-0.25, -0.2) is 0 Å². The summed E-state index contributed by atoms with van der Waals surface area (Å²) in [6, 6.07) is 8.14. The molecule has 7 heteroatoms. The summed E-state index contributed by atoms with van der Waals surface area (Å²) >= 11 is 0. The van der Waals surface area contributed by atoms with E-state index in [1.807, 2.05) is 13.8 Å². The highest BCUT2D eigenvalue weighted by molar-refractivity contribution is 6.03. The summed E-state index contributed by atoms with van der Waals surface area (Å²) in [5, 5.41) is 5.36. The number of benzene rings is 1. The second kappa shape index (κ2) is 6.68. The monoisotopic (exact) mass is 323 g/mol. The zero-order chi connectivity index (χ0) is 17.0. The van der Waals surface area contributed by atoms with Crippen LogP contribution in [0.15, 0.2) is 42.6 Å². The van der Waals surface area contributed by atoms with Gasteiger partial charge in [0.2, 0.25) is 0 Å². The molecule has 0 saturated heterocycles. The average molecular weight is 323 g/mol. The van der Waals surface area contributed by atoms with E-state index in [4.69, 9.17) is 0 Å². The third kappa shape index (κ3) is 4.45. The fourth-order valence-corrected chi connectivity index (χ4v) is 2.00. The number of carbonyl (C=O) groups excluding carboxylic acids is 1. The standard InChI is InChI=1S/C16H16F3N3O/c1-10(2)21-11-7-8-20-14(9-11)15(23)22-13-6-4-3-5-12(13)16(17,18)19/h3-10H,1-2H3,(H,20,21)(H,22,23). The van der Waals surface area contributed by atoms with Crippen LogP contribution in [0.5, 0.6) is 0 Å². The number of nitrogens with one attached hydrogen (secondary N) is 2. The van der Waals surface area contributed by atoms with Crippen LogP contribution in [0.25, 0.3) is 0 Å². The number of nitrogens with zero attached hydrogens (tertiary/aromatic N) is 1. The van der Waals surface area contributed by atoms with E-state index in [0.29, 0.717) is 5.69 Å². The third-order valence-electron chi connectivity index (χ3n) is 2.93. The Morgan fingerprint density at radius 3 is 2.52 bits per heavy atom. The maximum atomic E-state index is 12.9. The minimum absolute atomic E-state index is 0.0348. The Bertz CT molecular complexity index is 699. The molecule has 122 valence electrons. The summed E-state index contributed by atoms with van der Waals surface area (Å²) in [5.41, 5.74) is -0.490. The predicted octanol–water partition coefficient (Wildman–Crippen LogP) is 4.17. The lowest BCUT2D eigenvalue weighted by molar-refractivity contribution is -0.136. The van der Waals surface area contributed by atoms with E-state index in [-0.39, 0.29) is 17.4 Å². The van der Waals surface area contributed by atoms with Crippen LogP contribution >= 0.6 is 0 Å². The first kappa shape index (κ1) is 16.8. The van der Waals surface area contributed by atoms with Crippen molar-refractivity contribution in [2.45, 2.75) is 26.1 Å². The van der Waals surface area contributed by atoms with Gasteiger partial charge in [-0.3, -0.25) is 9.78 Å². The molecule has 1 aromatic carbocycles. The fraction of sp³-hybridized carbons (Fsp3) is 0.250. The number of halogens is 3. The van der Waals surface area contributed by atoms with Crippen LogP contribution in [0.3, 0.4) is 0 Å². The van der Waals surface area contributed by atoms with Crippen LogP contribution < -0.4 is 10.6 Å². The van der Waals surface area contributed by atoms with Gasteiger partial charge in [-0.1, -0.05) is 12.1 Å². The van der Waals surface area contributed by atoms with E-state index < -0.39 is 17.6 Å². The molecule has 2 rings (SSSR count). The number of aromatic nitrogens is 1. The summed E-state index contributed by atoms with van der Waals surface area (Å²) in [5.74, 6) is -0.700.